The van der Waals surface area contributed by atoms with Crippen LogP contribution in [0.5, 0.6) is 23.0 Å². The van der Waals surface area contributed by atoms with Crippen LogP contribution in [0.3, 0.4) is 0 Å². The van der Waals surface area contributed by atoms with Crippen LogP contribution in [0.2, 0.25) is 0 Å². The number of methoxy groups -OCH3 is 4. The molecule has 1 aromatic heterocycles. The van der Waals surface area contributed by atoms with Crippen LogP contribution in [0.1, 0.15) is 29.3 Å². The fourth-order valence-corrected chi connectivity index (χ4v) is 2.73. The molecule has 1 atom stereocenters. The van der Waals surface area contributed by atoms with Gasteiger partial charge in [-0.3, -0.25) is 0 Å². The first kappa shape index (κ1) is 21.0. The lowest BCUT2D eigenvalue weighted by molar-refractivity contribution is 0.0279. The molecule has 0 aliphatic heterocycles. The van der Waals surface area contributed by atoms with Crippen molar-refractivity contribution in [2.75, 3.05) is 28.4 Å². The molecule has 1 heterocycles. The third-order valence-corrected chi connectivity index (χ3v) is 4.31. The zero-order valence-corrected chi connectivity index (χ0v) is 17.3. The van der Waals surface area contributed by atoms with Crippen molar-refractivity contribution in [3.05, 3.63) is 47.9 Å². The van der Waals surface area contributed by atoms with Crippen molar-refractivity contribution in [1.29, 1.82) is 0 Å². The summed E-state index contributed by atoms with van der Waals surface area (Å²) in [6, 6.07) is 10.2. The van der Waals surface area contributed by atoms with Crippen LogP contribution in [-0.2, 0) is 4.74 Å². The quantitative estimate of drug-likeness (QED) is 0.511. The summed E-state index contributed by atoms with van der Waals surface area (Å²) in [5, 5.41) is 8.00. The molecule has 0 aliphatic carbocycles. The largest absolute Gasteiger partial charge is 0.497 e. The fourth-order valence-electron chi connectivity index (χ4n) is 2.73. The van der Waals surface area contributed by atoms with Gasteiger partial charge in [-0.15, -0.1) is 10.2 Å². The van der Waals surface area contributed by atoms with E-state index in [1.54, 1.807) is 38.3 Å². The maximum atomic E-state index is 12.6. The van der Waals surface area contributed by atoms with Gasteiger partial charge in [0.2, 0.25) is 11.6 Å². The lowest BCUT2D eigenvalue weighted by Gasteiger charge is -2.14. The monoisotopic (exact) mass is 414 g/mol. The number of ether oxygens (including phenoxy) is 5. The van der Waals surface area contributed by atoms with Crippen molar-refractivity contribution in [3.8, 4) is 34.5 Å². The molecular weight excluding hydrogens is 392 g/mol. The topological polar surface area (TPSA) is 102 Å². The van der Waals surface area contributed by atoms with Crippen molar-refractivity contribution in [2.45, 2.75) is 13.0 Å². The molecule has 0 N–H and O–H groups in total. The molecule has 158 valence electrons. The third-order valence-electron chi connectivity index (χ3n) is 4.31. The predicted octanol–water partition coefficient (Wildman–Crippen LogP) is 3.69. The first-order valence-electron chi connectivity index (χ1n) is 8.99. The zero-order chi connectivity index (χ0) is 21.7. The number of esters is 1. The summed E-state index contributed by atoms with van der Waals surface area (Å²) >= 11 is 0. The van der Waals surface area contributed by atoms with Crippen LogP contribution >= 0.6 is 0 Å². The molecule has 2 aromatic carbocycles. The number of carbonyl (C=O) groups is 1. The van der Waals surface area contributed by atoms with Crippen molar-refractivity contribution in [3.63, 3.8) is 0 Å². The molecule has 0 bridgehead atoms. The molecule has 0 aliphatic rings. The lowest BCUT2D eigenvalue weighted by atomic mass is 10.2. The Balaban J connectivity index is 1.77. The number of rotatable bonds is 8. The van der Waals surface area contributed by atoms with E-state index in [1.807, 2.05) is 0 Å². The number of aromatic nitrogens is 2. The van der Waals surface area contributed by atoms with Gasteiger partial charge in [0, 0.05) is 5.56 Å². The molecular formula is C21H22N2O7. The SMILES string of the molecule is COc1ccc(-c2nnc([C@H](C)OC(=O)c3cc(OC)c(OC)c(OC)c3)o2)cc1. The minimum Gasteiger partial charge on any atom is -0.497 e. The molecule has 0 fully saturated rings. The van der Waals surface area contributed by atoms with Gasteiger partial charge in [0.1, 0.15) is 5.75 Å². The van der Waals surface area contributed by atoms with Gasteiger partial charge < -0.3 is 28.1 Å². The number of nitrogens with zero attached hydrogens (tertiary/aromatic N) is 2. The van der Waals surface area contributed by atoms with Gasteiger partial charge in [-0.25, -0.2) is 4.79 Å². The van der Waals surface area contributed by atoms with Crippen LogP contribution in [0.25, 0.3) is 11.5 Å². The molecule has 0 spiro atoms. The maximum absolute atomic E-state index is 12.6. The normalized spacial score (nSPS) is 11.5. The van der Waals surface area contributed by atoms with Crippen molar-refractivity contribution in [1.82, 2.24) is 10.2 Å². The summed E-state index contributed by atoms with van der Waals surface area (Å²) in [6.45, 7) is 1.64. The van der Waals surface area contributed by atoms with Crippen LogP contribution in [0.4, 0.5) is 0 Å². The summed E-state index contributed by atoms with van der Waals surface area (Å²) < 4.78 is 32.1. The summed E-state index contributed by atoms with van der Waals surface area (Å²) in [5.74, 6) is 1.65. The van der Waals surface area contributed by atoms with Crippen molar-refractivity contribution < 1.29 is 32.9 Å². The van der Waals surface area contributed by atoms with E-state index in [2.05, 4.69) is 10.2 Å². The van der Waals surface area contributed by atoms with Crippen LogP contribution in [-0.4, -0.2) is 44.6 Å². The average molecular weight is 414 g/mol. The molecule has 0 saturated heterocycles. The summed E-state index contributed by atoms with van der Waals surface area (Å²) in [6.07, 6.45) is -0.768. The smallest absolute Gasteiger partial charge is 0.339 e. The Bertz CT molecular complexity index is 989. The maximum Gasteiger partial charge on any atom is 0.339 e. The second kappa shape index (κ2) is 9.17. The highest BCUT2D eigenvalue weighted by molar-refractivity contribution is 5.91. The average Bonchev–Trinajstić information content (AvgIpc) is 3.28. The Morgan fingerprint density at radius 1 is 0.900 bits per heavy atom. The molecule has 0 unspecified atom stereocenters. The van der Waals surface area contributed by atoms with E-state index in [-0.39, 0.29) is 11.5 Å². The Labute approximate surface area is 173 Å². The first-order valence-corrected chi connectivity index (χ1v) is 8.99. The lowest BCUT2D eigenvalue weighted by Crippen LogP contribution is -2.10. The number of hydrogen-bond donors (Lipinski definition) is 0. The van der Waals surface area contributed by atoms with E-state index in [0.717, 1.165) is 5.56 Å². The van der Waals surface area contributed by atoms with Gasteiger partial charge in [0.05, 0.1) is 34.0 Å². The Morgan fingerprint density at radius 3 is 2.07 bits per heavy atom. The van der Waals surface area contributed by atoms with Crippen LogP contribution < -0.4 is 18.9 Å². The minimum absolute atomic E-state index is 0.168. The number of carbonyl (C=O) groups excluding carboxylic acids is 1. The standard InChI is InChI=1S/C21H22N2O7/c1-12(19-22-23-20(30-19)13-6-8-15(25-2)9-7-13)29-21(24)14-10-16(26-3)18(28-5)17(11-14)27-4/h6-12H,1-5H3/t12-/m0/s1. The van der Waals surface area contributed by atoms with E-state index < -0.39 is 12.1 Å². The van der Waals surface area contributed by atoms with Gasteiger partial charge >= 0.3 is 5.97 Å². The van der Waals surface area contributed by atoms with E-state index in [1.165, 1.54) is 33.5 Å². The summed E-state index contributed by atoms with van der Waals surface area (Å²) in [7, 11) is 6.00. The highest BCUT2D eigenvalue weighted by Gasteiger charge is 2.23. The van der Waals surface area contributed by atoms with E-state index >= 15 is 0 Å². The molecule has 0 saturated carbocycles. The summed E-state index contributed by atoms with van der Waals surface area (Å²) in [4.78, 5) is 12.6. The molecule has 3 aromatic rings. The predicted molar refractivity (Wildman–Crippen MR) is 106 cm³/mol. The van der Waals surface area contributed by atoms with Gasteiger partial charge in [0.15, 0.2) is 17.6 Å². The van der Waals surface area contributed by atoms with E-state index in [4.69, 9.17) is 28.1 Å². The zero-order valence-electron chi connectivity index (χ0n) is 17.3. The third kappa shape index (κ3) is 4.29. The molecule has 0 radical (unpaired) electrons. The highest BCUT2D eigenvalue weighted by Crippen LogP contribution is 2.38. The summed E-state index contributed by atoms with van der Waals surface area (Å²) in [5.41, 5.74) is 0.948. The number of benzene rings is 2. The Morgan fingerprint density at radius 2 is 1.53 bits per heavy atom. The van der Waals surface area contributed by atoms with Crippen molar-refractivity contribution in [2.24, 2.45) is 0 Å². The molecule has 30 heavy (non-hydrogen) atoms. The van der Waals surface area contributed by atoms with Gasteiger partial charge in [-0.1, -0.05) is 0 Å². The van der Waals surface area contributed by atoms with E-state index in [0.29, 0.717) is 28.9 Å². The van der Waals surface area contributed by atoms with Crippen molar-refractivity contribution >= 4 is 5.97 Å². The first-order chi connectivity index (χ1) is 14.5. The van der Waals surface area contributed by atoms with Gasteiger partial charge in [-0.2, -0.15) is 0 Å². The molecule has 0 amide bonds. The molecule has 9 nitrogen and oxygen atoms in total. The molecule has 9 heteroatoms. The molecule has 3 rings (SSSR count). The van der Waals surface area contributed by atoms with E-state index in [9.17, 15) is 4.79 Å². The second-order valence-electron chi connectivity index (χ2n) is 6.14. The fraction of sp³-hybridized carbons (Fsp3) is 0.286. The Hall–Kier alpha value is -3.75. The highest BCUT2D eigenvalue weighted by atomic mass is 16.6. The second-order valence-corrected chi connectivity index (χ2v) is 6.14. The number of hydrogen-bond acceptors (Lipinski definition) is 9. The Kier molecular flexibility index (Phi) is 6.41. The van der Waals surface area contributed by atoms with Crippen LogP contribution in [0, 0.1) is 0 Å². The van der Waals surface area contributed by atoms with Crippen LogP contribution in [0.15, 0.2) is 40.8 Å². The van der Waals surface area contributed by atoms with Gasteiger partial charge in [0.25, 0.3) is 5.89 Å². The minimum atomic E-state index is -0.768. The van der Waals surface area contributed by atoms with Gasteiger partial charge in [-0.05, 0) is 43.3 Å².